The number of benzene rings is 1. The molecule has 1 aromatic carbocycles. The number of rotatable bonds is 9. The SMILES string of the molecule is CCOc1cc(C=O)ccc1OCCSc1nnc(C(C)C)n1C. The molecule has 2 rings (SSSR count). The Kier molecular flexibility index (Phi) is 6.66. The molecular weight excluding hydrogens is 326 g/mol. The summed E-state index contributed by atoms with van der Waals surface area (Å²) in [6.45, 7) is 7.12. The van der Waals surface area contributed by atoms with Crippen LogP contribution in [0.1, 0.15) is 42.9 Å². The fraction of sp³-hybridized carbons (Fsp3) is 0.471. The summed E-state index contributed by atoms with van der Waals surface area (Å²) in [5, 5.41) is 9.29. The van der Waals surface area contributed by atoms with Gasteiger partial charge >= 0.3 is 0 Å². The summed E-state index contributed by atoms with van der Waals surface area (Å²) in [4.78, 5) is 10.9. The van der Waals surface area contributed by atoms with Crippen LogP contribution in [0.25, 0.3) is 0 Å². The Balaban J connectivity index is 1.91. The Labute approximate surface area is 146 Å². The Bertz CT molecular complexity index is 686. The van der Waals surface area contributed by atoms with Crippen molar-refractivity contribution in [1.82, 2.24) is 14.8 Å². The molecule has 0 saturated carbocycles. The van der Waals surface area contributed by atoms with Crippen molar-refractivity contribution in [2.45, 2.75) is 31.8 Å². The maximum atomic E-state index is 10.9. The van der Waals surface area contributed by atoms with Gasteiger partial charge in [-0.2, -0.15) is 0 Å². The van der Waals surface area contributed by atoms with Gasteiger partial charge in [-0.25, -0.2) is 0 Å². The first-order valence-electron chi connectivity index (χ1n) is 7.93. The summed E-state index contributed by atoms with van der Waals surface area (Å²) in [6.07, 6.45) is 0.794. The highest BCUT2D eigenvalue weighted by molar-refractivity contribution is 7.99. The number of hydrogen-bond donors (Lipinski definition) is 0. The fourth-order valence-electron chi connectivity index (χ4n) is 2.22. The summed E-state index contributed by atoms with van der Waals surface area (Å²) >= 11 is 1.60. The quantitative estimate of drug-likeness (QED) is 0.393. The van der Waals surface area contributed by atoms with Crippen LogP contribution in [0.2, 0.25) is 0 Å². The van der Waals surface area contributed by atoms with Crippen molar-refractivity contribution in [2.75, 3.05) is 19.0 Å². The van der Waals surface area contributed by atoms with Gasteiger partial charge in [0.15, 0.2) is 16.7 Å². The molecule has 0 amide bonds. The van der Waals surface area contributed by atoms with Gasteiger partial charge in [0.05, 0.1) is 13.2 Å². The highest BCUT2D eigenvalue weighted by Gasteiger charge is 2.12. The van der Waals surface area contributed by atoms with Gasteiger partial charge < -0.3 is 14.0 Å². The molecule has 1 aromatic heterocycles. The monoisotopic (exact) mass is 349 g/mol. The first-order chi connectivity index (χ1) is 11.6. The first-order valence-corrected chi connectivity index (χ1v) is 8.92. The van der Waals surface area contributed by atoms with Gasteiger partial charge in [-0.15, -0.1) is 10.2 Å². The highest BCUT2D eigenvalue weighted by atomic mass is 32.2. The molecule has 6 nitrogen and oxygen atoms in total. The van der Waals surface area contributed by atoms with E-state index >= 15 is 0 Å². The zero-order chi connectivity index (χ0) is 17.5. The van der Waals surface area contributed by atoms with Crippen LogP contribution in [0.15, 0.2) is 23.4 Å². The lowest BCUT2D eigenvalue weighted by Gasteiger charge is -2.12. The van der Waals surface area contributed by atoms with E-state index < -0.39 is 0 Å². The molecule has 0 aliphatic heterocycles. The van der Waals surface area contributed by atoms with Crippen LogP contribution in [0.5, 0.6) is 11.5 Å². The van der Waals surface area contributed by atoms with E-state index in [1.807, 2.05) is 18.5 Å². The molecule has 0 aliphatic rings. The van der Waals surface area contributed by atoms with Crippen LogP contribution < -0.4 is 9.47 Å². The van der Waals surface area contributed by atoms with E-state index in [0.29, 0.717) is 36.2 Å². The van der Waals surface area contributed by atoms with E-state index in [9.17, 15) is 4.79 Å². The maximum Gasteiger partial charge on any atom is 0.191 e. The molecule has 130 valence electrons. The lowest BCUT2D eigenvalue weighted by molar-refractivity contribution is 0.112. The lowest BCUT2D eigenvalue weighted by atomic mass is 10.2. The van der Waals surface area contributed by atoms with Gasteiger partial charge in [0.25, 0.3) is 0 Å². The minimum Gasteiger partial charge on any atom is -0.490 e. The van der Waals surface area contributed by atoms with Gasteiger partial charge in [-0.05, 0) is 25.1 Å². The molecule has 0 N–H and O–H groups in total. The molecule has 0 fully saturated rings. The minimum atomic E-state index is 0.346. The smallest absolute Gasteiger partial charge is 0.191 e. The largest absolute Gasteiger partial charge is 0.490 e. The molecule has 0 radical (unpaired) electrons. The summed E-state index contributed by atoms with van der Waals surface area (Å²) in [6, 6.07) is 5.17. The Morgan fingerprint density at radius 2 is 2.04 bits per heavy atom. The second-order valence-corrected chi connectivity index (χ2v) is 6.57. The zero-order valence-electron chi connectivity index (χ0n) is 14.5. The number of hydrogen-bond acceptors (Lipinski definition) is 6. The van der Waals surface area contributed by atoms with Crippen LogP contribution in [-0.4, -0.2) is 40.0 Å². The topological polar surface area (TPSA) is 66.2 Å². The zero-order valence-corrected chi connectivity index (χ0v) is 15.3. The number of nitrogens with zero attached hydrogens (tertiary/aromatic N) is 3. The van der Waals surface area contributed by atoms with E-state index in [0.717, 1.165) is 23.0 Å². The summed E-state index contributed by atoms with van der Waals surface area (Å²) < 4.78 is 13.3. The van der Waals surface area contributed by atoms with E-state index in [1.54, 1.807) is 30.0 Å². The van der Waals surface area contributed by atoms with Crippen LogP contribution in [0.4, 0.5) is 0 Å². The van der Waals surface area contributed by atoms with E-state index in [4.69, 9.17) is 9.47 Å². The standard InChI is InChI=1S/C17H23N3O3S/c1-5-22-15-10-13(11-21)6-7-14(15)23-8-9-24-17-19-18-16(12(2)3)20(17)4/h6-7,10-12H,5,8-9H2,1-4H3. The van der Waals surface area contributed by atoms with Crippen LogP contribution in [-0.2, 0) is 7.05 Å². The van der Waals surface area contributed by atoms with Gasteiger partial charge in [0.2, 0.25) is 0 Å². The molecule has 0 unspecified atom stereocenters. The average molecular weight is 349 g/mol. The minimum absolute atomic E-state index is 0.346. The van der Waals surface area contributed by atoms with Gasteiger partial charge in [0.1, 0.15) is 12.1 Å². The third-order valence-corrected chi connectivity index (χ3v) is 4.35. The van der Waals surface area contributed by atoms with E-state index in [2.05, 4.69) is 24.0 Å². The highest BCUT2D eigenvalue weighted by Crippen LogP contribution is 2.28. The molecule has 7 heteroatoms. The average Bonchev–Trinajstić information content (AvgIpc) is 2.94. The van der Waals surface area contributed by atoms with Gasteiger partial charge in [-0.3, -0.25) is 4.79 Å². The lowest BCUT2D eigenvalue weighted by Crippen LogP contribution is -2.05. The van der Waals surface area contributed by atoms with Crippen molar-refractivity contribution in [2.24, 2.45) is 7.05 Å². The van der Waals surface area contributed by atoms with Gasteiger partial charge in [-0.1, -0.05) is 25.6 Å². The molecule has 0 atom stereocenters. The van der Waals surface area contributed by atoms with E-state index in [-0.39, 0.29) is 0 Å². The number of aromatic nitrogens is 3. The third-order valence-electron chi connectivity index (χ3n) is 3.36. The summed E-state index contributed by atoms with van der Waals surface area (Å²) in [5.41, 5.74) is 0.570. The summed E-state index contributed by atoms with van der Waals surface area (Å²) in [7, 11) is 1.98. The van der Waals surface area contributed by atoms with Crippen molar-refractivity contribution in [3.05, 3.63) is 29.6 Å². The number of carbonyl (C=O) groups is 1. The molecule has 2 aromatic rings. The number of carbonyl (C=O) groups excluding carboxylic acids is 1. The van der Waals surface area contributed by atoms with Crippen molar-refractivity contribution in [3.8, 4) is 11.5 Å². The molecule has 24 heavy (non-hydrogen) atoms. The molecule has 0 bridgehead atoms. The Morgan fingerprint density at radius 3 is 2.67 bits per heavy atom. The second-order valence-electron chi connectivity index (χ2n) is 5.51. The van der Waals surface area contributed by atoms with Crippen LogP contribution in [0.3, 0.4) is 0 Å². The van der Waals surface area contributed by atoms with Crippen LogP contribution >= 0.6 is 11.8 Å². The Morgan fingerprint density at radius 1 is 1.25 bits per heavy atom. The first kappa shape index (κ1) is 18.3. The molecule has 1 heterocycles. The van der Waals surface area contributed by atoms with E-state index in [1.165, 1.54) is 0 Å². The molecule has 0 spiro atoms. The van der Waals surface area contributed by atoms with Gasteiger partial charge in [0, 0.05) is 24.3 Å². The molecule has 0 saturated heterocycles. The predicted octanol–water partition coefficient (Wildman–Crippen LogP) is 3.32. The maximum absolute atomic E-state index is 10.9. The normalized spacial score (nSPS) is 10.9. The van der Waals surface area contributed by atoms with Crippen molar-refractivity contribution in [1.29, 1.82) is 0 Å². The fourth-order valence-corrected chi connectivity index (χ4v) is 2.96. The van der Waals surface area contributed by atoms with Crippen molar-refractivity contribution >= 4 is 18.0 Å². The van der Waals surface area contributed by atoms with Crippen LogP contribution in [0, 0.1) is 0 Å². The van der Waals surface area contributed by atoms with Crippen molar-refractivity contribution < 1.29 is 14.3 Å². The Hall–Kier alpha value is -2.02. The number of thioether (sulfide) groups is 1. The number of ether oxygens (including phenoxy) is 2. The third kappa shape index (κ3) is 4.50. The second kappa shape index (κ2) is 8.73. The predicted molar refractivity (Wildman–Crippen MR) is 94.3 cm³/mol. The summed E-state index contributed by atoms with van der Waals surface area (Å²) in [5.74, 6) is 3.29. The number of aldehydes is 1. The molecule has 0 aliphatic carbocycles. The van der Waals surface area contributed by atoms with Crippen molar-refractivity contribution in [3.63, 3.8) is 0 Å². The molecular formula is C17H23N3O3S.